The normalized spacial score (nSPS) is 22.6. The van der Waals surface area contributed by atoms with Crippen LogP contribution in [-0.4, -0.2) is 75.4 Å². The molecule has 0 aliphatic carbocycles. The monoisotopic (exact) mass is 467 g/mol. The first-order valence-corrected chi connectivity index (χ1v) is 12.3. The molecule has 2 heterocycles. The second-order valence-electron chi connectivity index (χ2n) is 8.09. The van der Waals surface area contributed by atoms with Gasteiger partial charge in [0.05, 0.1) is 37.3 Å². The van der Waals surface area contributed by atoms with Gasteiger partial charge in [-0.25, -0.2) is 18.0 Å². The summed E-state index contributed by atoms with van der Waals surface area (Å²) in [5.74, 6) is -1.97. The molecule has 176 valence electrons. The van der Waals surface area contributed by atoms with Gasteiger partial charge in [0, 0.05) is 12.5 Å². The molecule has 1 aromatic carbocycles. The van der Waals surface area contributed by atoms with Crippen molar-refractivity contribution in [1.29, 1.82) is 0 Å². The molecule has 0 saturated carbocycles. The number of hydrogen-bond acceptors (Lipinski definition) is 8. The number of aliphatic hydroxyl groups excluding tert-OH is 1. The molecule has 32 heavy (non-hydrogen) atoms. The van der Waals surface area contributed by atoms with Crippen LogP contribution in [0.4, 0.5) is 4.79 Å². The average Bonchev–Trinajstić information content (AvgIpc) is 3.09. The highest BCUT2D eigenvalue weighted by molar-refractivity contribution is 7.91. The summed E-state index contributed by atoms with van der Waals surface area (Å²) < 4.78 is 40.0. The Balaban J connectivity index is 1.86. The highest BCUT2D eigenvalue weighted by Crippen LogP contribution is 2.30. The minimum absolute atomic E-state index is 0.124. The summed E-state index contributed by atoms with van der Waals surface area (Å²) in [4.78, 5) is 25.6. The number of aliphatic hydroxyl groups is 1. The number of nitrogens with zero attached hydrogens (tertiary/aromatic N) is 1. The van der Waals surface area contributed by atoms with E-state index in [1.54, 1.807) is 24.1 Å². The number of amides is 1. The number of carbonyl (C=O) groups is 2. The smallest absolute Gasteiger partial charge is 0.410 e. The van der Waals surface area contributed by atoms with Crippen molar-refractivity contribution in [1.82, 2.24) is 4.90 Å². The number of allylic oxidation sites excluding steroid dienone is 1. The van der Waals surface area contributed by atoms with E-state index in [1.165, 1.54) is 0 Å². The van der Waals surface area contributed by atoms with E-state index in [0.29, 0.717) is 25.3 Å². The second kappa shape index (κ2) is 9.81. The van der Waals surface area contributed by atoms with Gasteiger partial charge in [0.2, 0.25) is 0 Å². The molecule has 2 aliphatic heterocycles. The van der Waals surface area contributed by atoms with Gasteiger partial charge in [0.15, 0.2) is 9.84 Å². The fraction of sp³-hybridized carbons (Fsp3) is 0.545. The van der Waals surface area contributed by atoms with E-state index in [0.717, 1.165) is 24.7 Å². The lowest BCUT2D eigenvalue weighted by atomic mass is 9.93. The summed E-state index contributed by atoms with van der Waals surface area (Å²) in [7, 11) is -0.849. The van der Waals surface area contributed by atoms with Crippen LogP contribution in [0, 0.1) is 5.92 Å². The Bertz CT molecular complexity index is 1020. The van der Waals surface area contributed by atoms with E-state index in [2.05, 4.69) is 4.74 Å². The summed E-state index contributed by atoms with van der Waals surface area (Å²) >= 11 is 0. The lowest BCUT2D eigenvalue weighted by Crippen LogP contribution is -2.35. The third-order valence-electron chi connectivity index (χ3n) is 5.77. The molecule has 1 fully saturated rings. The molecule has 1 saturated heterocycles. The average molecular weight is 468 g/mol. The predicted molar refractivity (Wildman–Crippen MR) is 116 cm³/mol. The summed E-state index contributed by atoms with van der Waals surface area (Å²) in [6, 6.07) is 5.35. The topological polar surface area (TPSA) is 119 Å². The van der Waals surface area contributed by atoms with Gasteiger partial charge in [-0.2, -0.15) is 0 Å². The van der Waals surface area contributed by atoms with Crippen molar-refractivity contribution in [2.24, 2.45) is 5.92 Å². The molecular formula is C22H29NO8S. The Hall–Kier alpha value is -2.75. The third-order valence-corrected chi connectivity index (χ3v) is 7.41. The lowest BCUT2D eigenvalue weighted by Gasteiger charge is -2.25. The molecule has 0 bridgehead atoms. The molecule has 10 heteroatoms. The molecule has 1 N–H and O–H groups in total. The first kappa shape index (κ1) is 23.9. The van der Waals surface area contributed by atoms with Crippen molar-refractivity contribution in [3.05, 3.63) is 40.7 Å². The van der Waals surface area contributed by atoms with Crippen LogP contribution in [0.2, 0.25) is 0 Å². The standard InChI is InChI=1S/C22H29NO8S/c1-4-7-23-17(11-31-22(23)26)10-15-8-14(5-6-19(15)29-2)9-16-12-32(27,28)13-18(20(16)24)21(25)30-3/h5-6,8,16-17,24H,4,7,9-13H2,1-3H3/t16?,17-/m0/s1. The molecule has 0 radical (unpaired) electrons. The van der Waals surface area contributed by atoms with Crippen molar-refractivity contribution < 1.29 is 37.3 Å². The first-order valence-electron chi connectivity index (χ1n) is 10.5. The van der Waals surface area contributed by atoms with Crippen LogP contribution >= 0.6 is 0 Å². The molecule has 0 spiro atoms. The highest BCUT2D eigenvalue weighted by atomic mass is 32.2. The molecular weight excluding hydrogens is 438 g/mol. The molecule has 2 aliphatic rings. The fourth-order valence-electron chi connectivity index (χ4n) is 4.26. The minimum Gasteiger partial charge on any atom is -0.511 e. The Morgan fingerprint density at radius 2 is 2.03 bits per heavy atom. The summed E-state index contributed by atoms with van der Waals surface area (Å²) in [6.07, 6.45) is 1.22. The quantitative estimate of drug-likeness (QED) is 0.577. The van der Waals surface area contributed by atoms with Crippen LogP contribution in [0.3, 0.4) is 0 Å². The van der Waals surface area contributed by atoms with Crippen molar-refractivity contribution in [2.45, 2.75) is 32.2 Å². The summed E-state index contributed by atoms with van der Waals surface area (Å²) in [5.41, 5.74) is 1.42. The maximum absolute atomic E-state index is 12.3. The molecule has 3 rings (SSSR count). The molecule has 9 nitrogen and oxygen atoms in total. The van der Waals surface area contributed by atoms with E-state index < -0.39 is 27.5 Å². The molecule has 2 atom stereocenters. The number of methoxy groups -OCH3 is 2. The Morgan fingerprint density at radius 3 is 2.69 bits per heavy atom. The lowest BCUT2D eigenvalue weighted by molar-refractivity contribution is -0.136. The maximum atomic E-state index is 12.3. The number of benzene rings is 1. The zero-order valence-electron chi connectivity index (χ0n) is 18.5. The number of ether oxygens (including phenoxy) is 3. The fourth-order valence-corrected chi connectivity index (χ4v) is 5.97. The number of cyclic esters (lactones) is 1. The zero-order chi connectivity index (χ0) is 23.5. The van der Waals surface area contributed by atoms with Crippen molar-refractivity contribution in [3.8, 4) is 5.75 Å². The highest BCUT2D eigenvalue weighted by Gasteiger charge is 2.36. The Morgan fingerprint density at radius 1 is 1.28 bits per heavy atom. The summed E-state index contributed by atoms with van der Waals surface area (Å²) in [5, 5.41) is 10.6. The van der Waals surface area contributed by atoms with Crippen LogP contribution in [0.15, 0.2) is 29.5 Å². The second-order valence-corrected chi connectivity index (χ2v) is 10.2. The number of esters is 1. The van der Waals surface area contributed by atoms with Gasteiger partial charge in [0.25, 0.3) is 0 Å². The van der Waals surface area contributed by atoms with Crippen LogP contribution in [0.25, 0.3) is 0 Å². The minimum atomic E-state index is -3.55. The van der Waals surface area contributed by atoms with E-state index >= 15 is 0 Å². The van der Waals surface area contributed by atoms with Gasteiger partial charge in [-0.3, -0.25) is 0 Å². The summed E-state index contributed by atoms with van der Waals surface area (Å²) in [6.45, 7) is 2.88. The van der Waals surface area contributed by atoms with E-state index in [-0.39, 0.29) is 35.6 Å². The van der Waals surface area contributed by atoms with E-state index in [1.807, 2.05) is 13.0 Å². The van der Waals surface area contributed by atoms with Gasteiger partial charge in [-0.1, -0.05) is 19.1 Å². The van der Waals surface area contributed by atoms with Crippen molar-refractivity contribution in [3.63, 3.8) is 0 Å². The molecule has 0 aromatic heterocycles. The van der Waals surface area contributed by atoms with E-state index in [9.17, 15) is 23.1 Å². The SMILES string of the molecule is CCCN1C(=O)OC[C@@H]1Cc1cc(CC2CS(=O)(=O)CC(C(=O)OC)=C2O)ccc1OC. The number of hydrogen-bond donors (Lipinski definition) is 1. The predicted octanol–water partition coefficient (Wildman–Crippen LogP) is 2.04. The van der Waals surface area contributed by atoms with Gasteiger partial charge in [-0.05, 0) is 36.5 Å². The number of sulfone groups is 1. The Labute approximate surface area is 187 Å². The molecule has 1 unspecified atom stereocenters. The van der Waals surface area contributed by atoms with Crippen LogP contribution in [0.5, 0.6) is 5.75 Å². The Kier molecular flexibility index (Phi) is 7.33. The van der Waals surface area contributed by atoms with Gasteiger partial charge < -0.3 is 24.2 Å². The van der Waals surface area contributed by atoms with Crippen LogP contribution < -0.4 is 4.74 Å². The first-order chi connectivity index (χ1) is 15.2. The number of rotatable bonds is 8. The maximum Gasteiger partial charge on any atom is 0.410 e. The van der Waals surface area contributed by atoms with Crippen LogP contribution in [-0.2, 0) is 36.9 Å². The van der Waals surface area contributed by atoms with Crippen molar-refractivity contribution >= 4 is 21.9 Å². The van der Waals surface area contributed by atoms with Gasteiger partial charge in [0.1, 0.15) is 18.1 Å². The van der Waals surface area contributed by atoms with Gasteiger partial charge >= 0.3 is 12.1 Å². The van der Waals surface area contributed by atoms with Crippen molar-refractivity contribution in [2.75, 3.05) is 38.9 Å². The largest absolute Gasteiger partial charge is 0.511 e. The molecule has 1 amide bonds. The third kappa shape index (κ3) is 5.17. The van der Waals surface area contributed by atoms with Crippen LogP contribution in [0.1, 0.15) is 24.5 Å². The zero-order valence-corrected chi connectivity index (χ0v) is 19.3. The van der Waals surface area contributed by atoms with Gasteiger partial charge in [-0.15, -0.1) is 0 Å². The number of carbonyl (C=O) groups excluding carboxylic acids is 2. The van der Waals surface area contributed by atoms with E-state index in [4.69, 9.17) is 9.47 Å². The molecule has 1 aromatic rings.